The summed E-state index contributed by atoms with van der Waals surface area (Å²) in [4.78, 5) is 19.3. The number of rotatable bonds is 2. The number of aromatic nitrogens is 2. The molecule has 1 amide bonds. The van der Waals surface area contributed by atoms with E-state index in [2.05, 4.69) is 46.5 Å². The van der Waals surface area contributed by atoms with Gasteiger partial charge >= 0.3 is 0 Å². The minimum absolute atomic E-state index is 0.107. The van der Waals surface area contributed by atoms with Gasteiger partial charge in [-0.1, -0.05) is 29.8 Å². The molecule has 19 heavy (non-hydrogen) atoms. The highest BCUT2D eigenvalue weighted by Gasteiger charge is 2.26. The monoisotopic (exact) mass is 255 g/mol. The molecule has 0 saturated carbocycles. The van der Waals surface area contributed by atoms with Crippen molar-refractivity contribution in [2.45, 2.75) is 26.2 Å². The summed E-state index contributed by atoms with van der Waals surface area (Å²) in [6.45, 7) is 4.78. The highest BCUT2D eigenvalue weighted by Crippen LogP contribution is 2.27. The fraction of sp³-hybridized carbons (Fsp3) is 0.333. The number of aryl methyl sites for hydroxylation is 2. The van der Waals surface area contributed by atoms with E-state index in [1.807, 2.05) is 6.92 Å². The number of amides is 1. The van der Waals surface area contributed by atoms with Crippen molar-refractivity contribution in [2.75, 3.05) is 6.54 Å². The molecule has 1 aromatic heterocycles. The first kappa shape index (κ1) is 12.0. The molecule has 1 atom stereocenters. The zero-order chi connectivity index (χ0) is 13.4. The third-order valence-corrected chi connectivity index (χ3v) is 3.59. The summed E-state index contributed by atoms with van der Waals surface area (Å²) in [5.74, 6) is 1.19. The number of carbonyl (C=O) groups excluding carboxylic acids is 1. The van der Waals surface area contributed by atoms with Crippen LogP contribution in [0.1, 0.15) is 29.4 Å². The van der Waals surface area contributed by atoms with Crippen LogP contribution >= 0.6 is 0 Å². The predicted molar refractivity (Wildman–Crippen MR) is 73.9 cm³/mol. The molecule has 4 heteroatoms. The molecule has 98 valence electrons. The maximum Gasteiger partial charge on any atom is 0.220 e. The highest BCUT2D eigenvalue weighted by molar-refractivity contribution is 5.79. The molecule has 2 heterocycles. The average molecular weight is 255 g/mol. The standard InChI is InChI=1S/C15H17N3O/c1-9-3-5-11(6-4-9)14-10(2)17-15(18-14)12-7-13(19)16-8-12/h3-6,12H,7-8H2,1-2H3,(H,16,19)(H,17,18)/t12-/m0/s1. The third-order valence-electron chi connectivity index (χ3n) is 3.59. The van der Waals surface area contributed by atoms with Crippen molar-refractivity contribution < 1.29 is 4.79 Å². The second-order valence-electron chi connectivity index (χ2n) is 5.17. The molecule has 1 aromatic carbocycles. The lowest BCUT2D eigenvalue weighted by Crippen LogP contribution is -2.13. The van der Waals surface area contributed by atoms with Crippen molar-refractivity contribution >= 4 is 5.91 Å². The number of hydrogen-bond donors (Lipinski definition) is 2. The van der Waals surface area contributed by atoms with Crippen molar-refractivity contribution in [3.63, 3.8) is 0 Å². The first-order chi connectivity index (χ1) is 9.13. The van der Waals surface area contributed by atoms with Gasteiger partial charge in [-0.15, -0.1) is 0 Å². The van der Waals surface area contributed by atoms with Crippen molar-refractivity contribution in [3.05, 3.63) is 41.3 Å². The van der Waals surface area contributed by atoms with Crippen LogP contribution in [0.3, 0.4) is 0 Å². The van der Waals surface area contributed by atoms with Crippen LogP contribution in [0.15, 0.2) is 24.3 Å². The van der Waals surface area contributed by atoms with Gasteiger partial charge in [0.1, 0.15) is 5.82 Å². The first-order valence-corrected chi connectivity index (χ1v) is 6.53. The predicted octanol–water partition coefficient (Wildman–Crippen LogP) is 2.30. The van der Waals surface area contributed by atoms with E-state index in [9.17, 15) is 4.79 Å². The zero-order valence-electron chi connectivity index (χ0n) is 11.2. The van der Waals surface area contributed by atoms with Crippen LogP contribution in [0.2, 0.25) is 0 Å². The van der Waals surface area contributed by atoms with E-state index in [-0.39, 0.29) is 11.8 Å². The molecule has 1 aliphatic heterocycles. The molecule has 0 unspecified atom stereocenters. The normalized spacial score (nSPS) is 18.6. The van der Waals surface area contributed by atoms with Crippen LogP contribution in [-0.4, -0.2) is 22.4 Å². The fourth-order valence-corrected chi connectivity index (χ4v) is 2.47. The Balaban J connectivity index is 1.93. The SMILES string of the molecule is Cc1ccc(-c2nc([C@@H]3CNC(=O)C3)[nH]c2C)cc1. The number of benzene rings is 1. The summed E-state index contributed by atoms with van der Waals surface area (Å²) in [7, 11) is 0. The van der Waals surface area contributed by atoms with Crippen molar-refractivity contribution in [3.8, 4) is 11.3 Å². The van der Waals surface area contributed by atoms with Gasteiger partial charge in [0.15, 0.2) is 0 Å². The molecule has 1 saturated heterocycles. The fourth-order valence-electron chi connectivity index (χ4n) is 2.47. The zero-order valence-corrected chi connectivity index (χ0v) is 11.2. The summed E-state index contributed by atoms with van der Waals surface area (Å²) in [5, 5.41) is 2.85. The van der Waals surface area contributed by atoms with Crippen LogP contribution in [0, 0.1) is 13.8 Å². The third kappa shape index (κ3) is 2.26. The van der Waals surface area contributed by atoms with Crippen molar-refractivity contribution in [1.29, 1.82) is 0 Å². The van der Waals surface area contributed by atoms with E-state index < -0.39 is 0 Å². The van der Waals surface area contributed by atoms with Crippen molar-refractivity contribution in [1.82, 2.24) is 15.3 Å². The van der Waals surface area contributed by atoms with E-state index in [4.69, 9.17) is 0 Å². The first-order valence-electron chi connectivity index (χ1n) is 6.53. The Morgan fingerprint density at radius 3 is 2.58 bits per heavy atom. The molecule has 0 bridgehead atoms. The lowest BCUT2D eigenvalue weighted by molar-refractivity contribution is -0.119. The number of aromatic amines is 1. The summed E-state index contributed by atoms with van der Waals surface area (Å²) in [5.41, 5.74) is 4.39. The van der Waals surface area contributed by atoms with Crippen LogP contribution < -0.4 is 5.32 Å². The van der Waals surface area contributed by atoms with E-state index >= 15 is 0 Å². The van der Waals surface area contributed by atoms with Crippen molar-refractivity contribution in [2.24, 2.45) is 0 Å². The van der Waals surface area contributed by atoms with Crippen LogP contribution in [0.4, 0.5) is 0 Å². The molecule has 4 nitrogen and oxygen atoms in total. The van der Waals surface area contributed by atoms with Gasteiger partial charge in [-0.05, 0) is 13.8 Å². The number of H-pyrrole nitrogens is 1. The van der Waals surface area contributed by atoms with Gasteiger partial charge in [-0.25, -0.2) is 4.98 Å². The minimum atomic E-state index is 0.107. The van der Waals surface area contributed by atoms with E-state index in [1.165, 1.54) is 5.56 Å². The number of carbonyl (C=O) groups is 1. The lowest BCUT2D eigenvalue weighted by atomic mass is 10.1. The summed E-state index contributed by atoms with van der Waals surface area (Å²) < 4.78 is 0. The molecule has 0 spiro atoms. The summed E-state index contributed by atoms with van der Waals surface area (Å²) in [6.07, 6.45) is 0.528. The molecule has 2 N–H and O–H groups in total. The molecular formula is C15H17N3O. The second-order valence-corrected chi connectivity index (χ2v) is 5.17. The minimum Gasteiger partial charge on any atom is -0.355 e. The number of nitrogens with one attached hydrogen (secondary N) is 2. The summed E-state index contributed by atoms with van der Waals surface area (Å²) >= 11 is 0. The van der Waals surface area contributed by atoms with E-state index in [1.54, 1.807) is 0 Å². The van der Waals surface area contributed by atoms with Gasteiger partial charge in [0, 0.05) is 30.1 Å². The van der Waals surface area contributed by atoms with Crippen LogP contribution in [0.25, 0.3) is 11.3 Å². The Labute approximate surface area is 112 Å². The molecule has 1 fully saturated rings. The smallest absolute Gasteiger partial charge is 0.220 e. The lowest BCUT2D eigenvalue weighted by Gasteiger charge is -2.01. The maximum atomic E-state index is 11.3. The van der Waals surface area contributed by atoms with Gasteiger partial charge in [-0.3, -0.25) is 4.79 Å². The number of imidazole rings is 1. The van der Waals surface area contributed by atoms with Crippen LogP contribution in [0.5, 0.6) is 0 Å². The van der Waals surface area contributed by atoms with Gasteiger partial charge in [0.25, 0.3) is 0 Å². The quantitative estimate of drug-likeness (QED) is 0.865. The molecule has 1 aliphatic rings. The number of hydrogen-bond acceptors (Lipinski definition) is 2. The van der Waals surface area contributed by atoms with Gasteiger partial charge in [0.2, 0.25) is 5.91 Å². The molecular weight excluding hydrogens is 238 g/mol. The average Bonchev–Trinajstić information content (AvgIpc) is 2.97. The molecule has 0 radical (unpaired) electrons. The largest absolute Gasteiger partial charge is 0.355 e. The Morgan fingerprint density at radius 1 is 1.21 bits per heavy atom. The van der Waals surface area contributed by atoms with Gasteiger partial charge in [0.05, 0.1) is 5.69 Å². The van der Waals surface area contributed by atoms with Gasteiger partial charge < -0.3 is 10.3 Å². The van der Waals surface area contributed by atoms with E-state index in [0.717, 1.165) is 22.8 Å². The second kappa shape index (κ2) is 4.53. The maximum absolute atomic E-state index is 11.3. The van der Waals surface area contributed by atoms with Crippen LogP contribution in [-0.2, 0) is 4.79 Å². The molecule has 0 aliphatic carbocycles. The number of nitrogens with zero attached hydrogens (tertiary/aromatic N) is 1. The van der Waals surface area contributed by atoms with E-state index in [0.29, 0.717) is 13.0 Å². The Hall–Kier alpha value is -2.10. The molecule has 3 rings (SSSR count). The summed E-state index contributed by atoms with van der Waals surface area (Å²) in [6, 6.07) is 8.34. The highest BCUT2D eigenvalue weighted by atomic mass is 16.1. The molecule has 2 aromatic rings. The Kier molecular flexibility index (Phi) is 2.85. The Bertz CT molecular complexity index is 613. The Morgan fingerprint density at radius 2 is 1.95 bits per heavy atom. The topological polar surface area (TPSA) is 57.8 Å². The van der Waals surface area contributed by atoms with Gasteiger partial charge in [-0.2, -0.15) is 0 Å².